The molecule has 0 amide bonds. The molecular weight excluding hydrogens is 278 g/mol. The summed E-state index contributed by atoms with van der Waals surface area (Å²) in [5.41, 5.74) is 7.07. The van der Waals surface area contributed by atoms with Crippen molar-refractivity contribution in [2.75, 3.05) is 18.9 Å². The van der Waals surface area contributed by atoms with Crippen LogP contribution in [0.15, 0.2) is 24.5 Å². The number of ether oxygens (including phenoxy) is 2. The number of benzene rings is 1. The average Bonchev–Trinajstić information content (AvgIpc) is 2.44. The summed E-state index contributed by atoms with van der Waals surface area (Å²) >= 11 is 6.14. The van der Waals surface area contributed by atoms with Gasteiger partial charge in [0.2, 0.25) is 0 Å². The molecule has 0 aliphatic carbocycles. The van der Waals surface area contributed by atoms with E-state index in [1.807, 2.05) is 32.0 Å². The van der Waals surface area contributed by atoms with E-state index < -0.39 is 0 Å². The van der Waals surface area contributed by atoms with E-state index in [1.165, 1.54) is 6.33 Å². The lowest BCUT2D eigenvalue weighted by Gasteiger charge is -2.12. The van der Waals surface area contributed by atoms with Crippen LogP contribution in [0.4, 0.5) is 5.82 Å². The number of halogens is 1. The first-order valence-electron chi connectivity index (χ1n) is 6.33. The Hall–Kier alpha value is -2.01. The lowest BCUT2D eigenvalue weighted by molar-refractivity contribution is 0.288. The van der Waals surface area contributed by atoms with Crippen LogP contribution in [-0.4, -0.2) is 23.2 Å². The molecule has 5 nitrogen and oxygen atoms in total. The van der Waals surface area contributed by atoms with Gasteiger partial charge in [-0.2, -0.15) is 0 Å². The molecule has 0 atom stereocenters. The van der Waals surface area contributed by atoms with Crippen LogP contribution in [0.3, 0.4) is 0 Å². The number of hydrogen-bond donors (Lipinski definition) is 1. The first kappa shape index (κ1) is 14.4. The molecule has 0 fully saturated rings. The molecule has 0 spiro atoms. The predicted molar refractivity (Wildman–Crippen MR) is 79.2 cm³/mol. The maximum Gasteiger partial charge on any atom is 0.161 e. The molecule has 2 aromatic rings. The Bertz CT molecular complexity index is 605. The highest BCUT2D eigenvalue weighted by Crippen LogP contribution is 2.35. The minimum Gasteiger partial charge on any atom is -0.490 e. The number of nitrogens with zero attached hydrogens (tertiary/aromatic N) is 2. The zero-order chi connectivity index (χ0) is 14.5. The summed E-state index contributed by atoms with van der Waals surface area (Å²) < 4.78 is 11.1. The van der Waals surface area contributed by atoms with Crippen molar-refractivity contribution in [3.8, 4) is 22.8 Å². The van der Waals surface area contributed by atoms with E-state index in [0.717, 1.165) is 5.56 Å². The van der Waals surface area contributed by atoms with E-state index in [2.05, 4.69) is 9.97 Å². The fourth-order valence-electron chi connectivity index (χ4n) is 1.78. The Kier molecular flexibility index (Phi) is 4.63. The number of nitrogens with two attached hydrogens (primary N) is 1. The van der Waals surface area contributed by atoms with Crippen LogP contribution >= 0.6 is 11.6 Å². The number of rotatable bonds is 5. The highest BCUT2D eigenvalue weighted by molar-refractivity contribution is 6.35. The van der Waals surface area contributed by atoms with Crippen LogP contribution < -0.4 is 15.2 Å². The van der Waals surface area contributed by atoms with Crippen LogP contribution in [0.5, 0.6) is 11.5 Å². The number of nitrogen functional groups attached to an aromatic ring is 1. The summed E-state index contributed by atoms with van der Waals surface area (Å²) in [5, 5.41) is 0.333. The van der Waals surface area contributed by atoms with Crippen molar-refractivity contribution >= 4 is 17.4 Å². The van der Waals surface area contributed by atoms with Crippen molar-refractivity contribution in [2.24, 2.45) is 0 Å². The standard InChI is InChI=1S/C14H16ClN3O2/c1-3-19-10-6-5-9(7-11(10)20-4-2)13-12(15)14(16)18-8-17-13/h5-8H,3-4H2,1-2H3,(H2,16,17,18). The molecule has 0 aliphatic heterocycles. The normalized spacial score (nSPS) is 10.3. The second-order valence-electron chi connectivity index (χ2n) is 3.95. The van der Waals surface area contributed by atoms with Crippen molar-refractivity contribution in [2.45, 2.75) is 13.8 Å². The third-order valence-corrected chi connectivity index (χ3v) is 3.01. The van der Waals surface area contributed by atoms with Gasteiger partial charge >= 0.3 is 0 Å². The van der Waals surface area contributed by atoms with Crippen LogP contribution in [0.2, 0.25) is 5.02 Å². The van der Waals surface area contributed by atoms with Gasteiger partial charge in [-0.15, -0.1) is 0 Å². The second kappa shape index (κ2) is 6.43. The van der Waals surface area contributed by atoms with E-state index >= 15 is 0 Å². The van der Waals surface area contributed by atoms with Crippen molar-refractivity contribution in [1.29, 1.82) is 0 Å². The maximum atomic E-state index is 6.14. The molecule has 1 aromatic heterocycles. The highest BCUT2D eigenvalue weighted by atomic mass is 35.5. The SMILES string of the molecule is CCOc1ccc(-c2ncnc(N)c2Cl)cc1OCC. The molecule has 0 radical (unpaired) electrons. The van der Waals surface area contributed by atoms with Gasteiger partial charge in [-0.3, -0.25) is 0 Å². The van der Waals surface area contributed by atoms with Gasteiger partial charge in [-0.1, -0.05) is 11.6 Å². The van der Waals surface area contributed by atoms with E-state index in [0.29, 0.717) is 35.4 Å². The van der Waals surface area contributed by atoms with E-state index in [1.54, 1.807) is 0 Å². The molecule has 2 N–H and O–H groups in total. The van der Waals surface area contributed by atoms with Gasteiger partial charge in [0.15, 0.2) is 11.5 Å². The number of hydrogen-bond acceptors (Lipinski definition) is 5. The Morgan fingerprint density at radius 2 is 1.80 bits per heavy atom. The van der Waals surface area contributed by atoms with Crippen molar-refractivity contribution in [3.63, 3.8) is 0 Å². The Labute approximate surface area is 122 Å². The summed E-state index contributed by atoms with van der Waals surface area (Å²) in [7, 11) is 0. The summed E-state index contributed by atoms with van der Waals surface area (Å²) in [4.78, 5) is 8.02. The van der Waals surface area contributed by atoms with Gasteiger partial charge in [0.05, 0.1) is 18.9 Å². The first-order chi connectivity index (χ1) is 9.67. The maximum absolute atomic E-state index is 6.14. The van der Waals surface area contributed by atoms with E-state index in [-0.39, 0.29) is 5.82 Å². The minimum atomic E-state index is 0.253. The van der Waals surface area contributed by atoms with Crippen LogP contribution in [0, 0.1) is 0 Å². The van der Waals surface area contributed by atoms with Crippen LogP contribution in [0.1, 0.15) is 13.8 Å². The van der Waals surface area contributed by atoms with Gasteiger partial charge in [0.1, 0.15) is 17.2 Å². The predicted octanol–water partition coefficient (Wildman–Crippen LogP) is 3.18. The quantitative estimate of drug-likeness (QED) is 0.917. The van der Waals surface area contributed by atoms with Crippen molar-refractivity contribution in [3.05, 3.63) is 29.5 Å². The van der Waals surface area contributed by atoms with E-state index in [4.69, 9.17) is 26.8 Å². The molecule has 20 heavy (non-hydrogen) atoms. The largest absolute Gasteiger partial charge is 0.490 e. The average molecular weight is 294 g/mol. The summed E-state index contributed by atoms with van der Waals surface area (Å²) in [5.74, 6) is 1.60. The van der Waals surface area contributed by atoms with Crippen LogP contribution in [0.25, 0.3) is 11.3 Å². The topological polar surface area (TPSA) is 70.3 Å². The zero-order valence-corrected chi connectivity index (χ0v) is 12.1. The molecular formula is C14H16ClN3O2. The van der Waals surface area contributed by atoms with Gasteiger partial charge in [0.25, 0.3) is 0 Å². The monoisotopic (exact) mass is 293 g/mol. The van der Waals surface area contributed by atoms with Gasteiger partial charge < -0.3 is 15.2 Å². The molecule has 106 valence electrons. The smallest absolute Gasteiger partial charge is 0.161 e. The molecule has 0 saturated carbocycles. The fourth-order valence-corrected chi connectivity index (χ4v) is 1.99. The molecule has 0 saturated heterocycles. The highest BCUT2D eigenvalue weighted by Gasteiger charge is 2.12. The van der Waals surface area contributed by atoms with Crippen LogP contribution in [-0.2, 0) is 0 Å². The Balaban J connectivity index is 2.47. The first-order valence-corrected chi connectivity index (χ1v) is 6.71. The third kappa shape index (κ3) is 2.93. The Morgan fingerprint density at radius 1 is 1.10 bits per heavy atom. The molecule has 0 aliphatic rings. The molecule has 1 heterocycles. The number of anilines is 1. The third-order valence-electron chi connectivity index (χ3n) is 2.63. The lowest BCUT2D eigenvalue weighted by Crippen LogP contribution is -1.99. The molecule has 2 rings (SSSR count). The minimum absolute atomic E-state index is 0.253. The molecule has 0 unspecified atom stereocenters. The summed E-state index contributed by atoms with van der Waals surface area (Å²) in [6, 6.07) is 5.53. The molecule has 0 bridgehead atoms. The summed E-state index contributed by atoms with van der Waals surface area (Å²) in [6.07, 6.45) is 1.38. The van der Waals surface area contributed by atoms with Crippen molar-refractivity contribution in [1.82, 2.24) is 9.97 Å². The fraction of sp³-hybridized carbons (Fsp3) is 0.286. The van der Waals surface area contributed by atoms with E-state index in [9.17, 15) is 0 Å². The second-order valence-corrected chi connectivity index (χ2v) is 4.33. The van der Waals surface area contributed by atoms with Gasteiger partial charge in [-0.05, 0) is 32.0 Å². The lowest BCUT2D eigenvalue weighted by atomic mass is 10.1. The molecule has 1 aromatic carbocycles. The summed E-state index contributed by atoms with van der Waals surface area (Å²) in [6.45, 7) is 4.95. The van der Waals surface area contributed by atoms with Gasteiger partial charge in [0, 0.05) is 5.56 Å². The Morgan fingerprint density at radius 3 is 2.50 bits per heavy atom. The zero-order valence-electron chi connectivity index (χ0n) is 11.4. The van der Waals surface area contributed by atoms with Crippen molar-refractivity contribution < 1.29 is 9.47 Å². The molecule has 6 heteroatoms. The number of aromatic nitrogens is 2. The van der Waals surface area contributed by atoms with Gasteiger partial charge in [-0.25, -0.2) is 9.97 Å².